The molecule has 2 atom stereocenters. The molecular formula is C30H42N2O7. The second kappa shape index (κ2) is 15.2. The lowest BCUT2D eigenvalue weighted by Gasteiger charge is -2.33. The summed E-state index contributed by atoms with van der Waals surface area (Å²) in [6.45, 7) is 7.10. The van der Waals surface area contributed by atoms with E-state index in [2.05, 4.69) is 11.4 Å². The van der Waals surface area contributed by atoms with E-state index in [1.807, 2.05) is 26.0 Å². The molecule has 0 radical (unpaired) electrons. The van der Waals surface area contributed by atoms with Gasteiger partial charge >= 0.3 is 5.97 Å². The smallest absolute Gasteiger partial charge is 0.338 e. The summed E-state index contributed by atoms with van der Waals surface area (Å²) in [5.41, 5.74) is 1.09. The predicted octanol–water partition coefficient (Wildman–Crippen LogP) is 4.29. The Morgan fingerprint density at radius 2 is 1.59 bits per heavy atom. The second-order valence-corrected chi connectivity index (χ2v) is 9.54. The number of nitriles is 1. The molecule has 9 nitrogen and oxygen atoms in total. The minimum absolute atomic E-state index is 0.0467. The summed E-state index contributed by atoms with van der Waals surface area (Å²) in [4.78, 5) is 12.5. The molecule has 0 aliphatic heterocycles. The Balaban J connectivity index is 2.06. The average Bonchev–Trinajstić information content (AvgIpc) is 2.94. The fraction of sp³-hybridized carbons (Fsp3) is 0.533. The quantitative estimate of drug-likeness (QED) is 0.236. The number of esters is 1. The molecule has 0 bridgehead atoms. The van der Waals surface area contributed by atoms with Crippen LogP contribution in [0.15, 0.2) is 30.3 Å². The van der Waals surface area contributed by atoms with Gasteiger partial charge in [0.25, 0.3) is 0 Å². The molecule has 0 aromatic heterocycles. The Hall–Kier alpha value is -3.48. The van der Waals surface area contributed by atoms with Gasteiger partial charge in [-0.3, -0.25) is 0 Å². The number of ether oxygens (including phenoxy) is 5. The fourth-order valence-electron chi connectivity index (χ4n) is 4.66. The molecule has 39 heavy (non-hydrogen) atoms. The van der Waals surface area contributed by atoms with Crippen molar-refractivity contribution in [3.8, 4) is 29.1 Å². The van der Waals surface area contributed by atoms with Crippen LogP contribution in [-0.4, -0.2) is 65.3 Å². The molecule has 9 heteroatoms. The number of hydrogen-bond donors (Lipinski definition) is 2. The van der Waals surface area contributed by atoms with E-state index in [4.69, 9.17) is 23.7 Å². The molecule has 2 unspecified atom stereocenters. The lowest BCUT2D eigenvalue weighted by molar-refractivity contribution is 0.0524. The van der Waals surface area contributed by atoms with Crippen molar-refractivity contribution in [2.45, 2.75) is 51.6 Å². The van der Waals surface area contributed by atoms with Crippen LogP contribution in [0.1, 0.15) is 55.1 Å². The zero-order chi connectivity index (χ0) is 29.0. The number of rotatable bonds is 16. The van der Waals surface area contributed by atoms with Crippen molar-refractivity contribution in [1.82, 2.24) is 5.32 Å². The number of methoxy groups -OCH3 is 4. The first kappa shape index (κ1) is 31.7. The Kier molecular flexibility index (Phi) is 12.4. The molecule has 2 aromatic rings. The summed E-state index contributed by atoms with van der Waals surface area (Å²) < 4.78 is 26.7. The van der Waals surface area contributed by atoms with Crippen LogP contribution in [0.2, 0.25) is 0 Å². The number of aliphatic hydroxyl groups is 1. The summed E-state index contributed by atoms with van der Waals surface area (Å²) >= 11 is 0. The third-order valence-corrected chi connectivity index (χ3v) is 6.97. The molecule has 0 amide bonds. The van der Waals surface area contributed by atoms with Gasteiger partial charge in [0.15, 0.2) is 23.0 Å². The molecular weight excluding hydrogens is 500 g/mol. The third-order valence-electron chi connectivity index (χ3n) is 6.97. The van der Waals surface area contributed by atoms with Crippen molar-refractivity contribution in [2.75, 3.05) is 48.1 Å². The molecule has 0 aliphatic carbocycles. The number of carbonyl (C=O) groups is 1. The topological polar surface area (TPSA) is 119 Å². The van der Waals surface area contributed by atoms with Crippen LogP contribution in [0, 0.1) is 17.2 Å². The van der Waals surface area contributed by atoms with Crippen molar-refractivity contribution < 1.29 is 33.6 Å². The first-order chi connectivity index (χ1) is 18.7. The van der Waals surface area contributed by atoms with Gasteiger partial charge in [0, 0.05) is 0 Å². The van der Waals surface area contributed by atoms with Gasteiger partial charge in [0.1, 0.15) is 0 Å². The van der Waals surface area contributed by atoms with Crippen molar-refractivity contribution in [2.24, 2.45) is 5.92 Å². The lowest BCUT2D eigenvalue weighted by atomic mass is 9.69. The highest BCUT2D eigenvalue weighted by Crippen LogP contribution is 2.40. The highest BCUT2D eigenvalue weighted by atomic mass is 16.5. The van der Waals surface area contributed by atoms with Crippen molar-refractivity contribution >= 4 is 5.97 Å². The van der Waals surface area contributed by atoms with E-state index >= 15 is 0 Å². The molecule has 2 rings (SSSR count). The Bertz CT molecular complexity index is 1130. The minimum atomic E-state index is -0.896. The number of carbonyl (C=O) groups excluding carboxylic acids is 1. The summed E-state index contributed by atoms with van der Waals surface area (Å²) in [7, 11) is 6.19. The van der Waals surface area contributed by atoms with E-state index in [-0.39, 0.29) is 18.9 Å². The van der Waals surface area contributed by atoms with Crippen LogP contribution in [0.3, 0.4) is 0 Å². The molecule has 0 spiro atoms. The molecule has 2 aromatic carbocycles. The predicted molar refractivity (Wildman–Crippen MR) is 149 cm³/mol. The van der Waals surface area contributed by atoms with Gasteiger partial charge in [-0.05, 0) is 80.6 Å². The van der Waals surface area contributed by atoms with Gasteiger partial charge < -0.3 is 34.1 Å². The maximum atomic E-state index is 12.5. The molecule has 214 valence electrons. The Morgan fingerprint density at radius 1 is 0.974 bits per heavy atom. The van der Waals surface area contributed by atoms with Crippen molar-refractivity contribution in [3.05, 3.63) is 47.0 Å². The Labute approximate surface area is 232 Å². The molecule has 0 fully saturated rings. The van der Waals surface area contributed by atoms with Crippen LogP contribution in [0.4, 0.5) is 0 Å². The number of benzene rings is 2. The highest BCUT2D eigenvalue weighted by Gasteiger charge is 2.38. The monoisotopic (exact) mass is 542 g/mol. The maximum absolute atomic E-state index is 12.5. The van der Waals surface area contributed by atoms with Crippen LogP contribution in [-0.2, 0) is 16.6 Å². The first-order valence-corrected chi connectivity index (χ1v) is 13.2. The Morgan fingerprint density at radius 3 is 2.15 bits per heavy atom. The number of nitrogens with zero attached hydrogens (tertiary/aromatic N) is 1. The minimum Gasteiger partial charge on any atom is -0.493 e. The summed E-state index contributed by atoms with van der Waals surface area (Å²) in [6, 6.07) is 11.4. The highest BCUT2D eigenvalue weighted by molar-refractivity contribution is 5.92. The van der Waals surface area contributed by atoms with E-state index in [1.165, 1.54) is 7.11 Å². The third kappa shape index (κ3) is 7.78. The molecule has 0 heterocycles. The van der Waals surface area contributed by atoms with Gasteiger partial charge in [-0.2, -0.15) is 5.26 Å². The van der Waals surface area contributed by atoms with E-state index in [1.54, 1.807) is 46.5 Å². The van der Waals surface area contributed by atoms with Crippen LogP contribution in [0.5, 0.6) is 23.0 Å². The van der Waals surface area contributed by atoms with Crippen LogP contribution in [0.25, 0.3) is 0 Å². The van der Waals surface area contributed by atoms with Gasteiger partial charge in [0.2, 0.25) is 0 Å². The van der Waals surface area contributed by atoms with Crippen molar-refractivity contribution in [3.63, 3.8) is 0 Å². The van der Waals surface area contributed by atoms with Gasteiger partial charge in [-0.25, -0.2) is 4.79 Å². The largest absolute Gasteiger partial charge is 0.493 e. The van der Waals surface area contributed by atoms with Crippen LogP contribution >= 0.6 is 0 Å². The second-order valence-electron chi connectivity index (χ2n) is 9.54. The van der Waals surface area contributed by atoms with Gasteiger partial charge in [-0.1, -0.05) is 19.9 Å². The molecule has 0 saturated carbocycles. The number of aliphatic hydroxyl groups excluding tert-OH is 1. The lowest BCUT2D eigenvalue weighted by Crippen LogP contribution is -2.36. The average molecular weight is 543 g/mol. The molecule has 2 N–H and O–H groups in total. The first-order valence-electron chi connectivity index (χ1n) is 13.2. The zero-order valence-corrected chi connectivity index (χ0v) is 24.1. The maximum Gasteiger partial charge on any atom is 0.338 e. The molecule has 0 saturated heterocycles. The normalized spacial score (nSPS) is 13.2. The molecule has 0 aliphatic rings. The van der Waals surface area contributed by atoms with E-state index in [0.717, 1.165) is 11.1 Å². The SMILES string of the molecule is CCOC(=O)c1cc(OC)c(OC)cc1CCNCCC(O)CC(C#N)(c1ccc(OC)c(OC)c1)C(C)C. The van der Waals surface area contributed by atoms with Crippen LogP contribution < -0.4 is 24.3 Å². The van der Waals surface area contributed by atoms with Crippen molar-refractivity contribution in [1.29, 1.82) is 5.26 Å². The standard InChI is InChI=1S/C30H42N2O7/c1-8-39-29(34)24-17-28(38-7)26(36-5)15-21(24)11-13-32-14-12-23(33)18-30(19-31,20(2)3)22-9-10-25(35-4)27(16-22)37-6/h9-10,15-17,20,23,32-33H,8,11-14,18H2,1-7H3. The van der Waals surface area contributed by atoms with Gasteiger partial charge in [0.05, 0.1) is 58.2 Å². The summed E-state index contributed by atoms with van der Waals surface area (Å²) in [5.74, 6) is 1.66. The van der Waals surface area contributed by atoms with E-state index < -0.39 is 17.5 Å². The summed E-state index contributed by atoms with van der Waals surface area (Å²) in [5, 5.41) is 24.5. The fourth-order valence-corrected chi connectivity index (χ4v) is 4.66. The number of hydrogen-bond acceptors (Lipinski definition) is 9. The summed E-state index contributed by atoms with van der Waals surface area (Å²) in [6.07, 6.45) is 0.578. The van der Waals surface area contributed by atoms with Gasteiger partial charge in [-0.15, -0.1) is 0 Å². The van der Waals surface area contributed by atoms with E-state index in [9.17, 15) is 15.2 Å². The van der Waals surface area contributed by atoms with E-state index in [0.29, 0.717) is 54.5 Å². The zero-order valence-electron chi connectivity index (χ0n) is 24.1. The number of nitrogens with one attached hydrogen (secondary N) is 1.